The van der Waals surface area contributed by atoms with E-state index in [0.717, 1.165) is 11.1 Å². The predicted octanol–water partition coefficient (Wildman–Crippen LogP) is 4.52. The van der Waals surface area contributed by atoms with E-state index in [-0.39, 0.29) is 12.4 Å². The summed E-state index contributed by atoms with van der Waals surface area (Å²) in [7, 11) is 1.43. The Balaban J connectivity index is 2.16. The normalized spacial score (nSPS) is 12.4. The SMILES string of the molecule is C/C=C\c1ccc(-c2csc(NC(=O)C(COC)NC(=O)OC(C)(C)C)n2)cc1C(C)=O. The van der Waals surface area contributed by atoms with Gasteiger partial charge in [0.1, 0.15) is 11.6 Å². The Hall–Kier alpha value is -3.04. The van der Waals surface area contributed by atoms with E-state index in [9.17, 15) is 14.4 Å². The van der Waals surface area contributed by atoms with Gasteiger partial charge in [0, 0.05) is 23.6 Å². The largest absolute Gasteiger partial charge is 0.444 e. The van der Waals surface area contributed by atoms with Crippen LogP contribution in [-0.4, -0.2) is 48.1 Å². The van der Waals surface area contributed by atoms with Crippen molar-refractivity contribution in [2.24, 2.45) is 0 Å². The van der Waals surface area contributed by atoms with Crippen molar-refractivity contribution in [3.05, 3.63) is 40.8 Å². The third-order valence-electron chi connectivity index (χ3n) is 4.15. The van der Waals surface area contributed by atoms with Gasteiger partial charge in [-0.05, 0) is 46.2 Å². The summed E-state index contributed by atoms with van der Waals surface area (Å²) in [5.41, 5.74) is 2.14. The molecule has 0 saturated heterocycles. The summed E-state index contributed by atoms with van der Waals surface area (Å²) >= 11 is 1.24. The number of nitrogens with zero attached hydrogens (tertiary/aromatic N) is 1. The molecule has 8 nitrogen and oxygen atoms in total. The second kappa shape index (κ2) is 11.0. The summed E-state index contributed by atoms with van der Waals surface area (Å²) in [6, 6.07) is 4.57. The number of aromatic nitrogens is 1. The number of allylic oxidation sites excluding steroid dienone is 1. The fourth-order valence-electron chi connectivity index (χ4n) is 2.80. The second-order valence-electron chi connectivity index (χ2n) is 8.04. The van der Waals surface area contributed by atoms with Crippen LogP contribution in [0.1, 0.15) is 50.5 Å². The average Bonchev–Trinajstić information content (AvgIpc) is 3.15. The quantitative estimate of drug-likeness (QED) is 0.562. The van der Waals surface area contributed by atoms with E-state index in [2.05, 4.69) is 15.6 Å². The Labute approximate surface area is 192 Å². The molecule has 9 heteroatoms. The van der Waals surface area contributed by atoms with Crippen LogP contribution in [0.2, 0.25) is 0 Å². The number of amides is 2. The number of rotatable bonds is 8. The average molecular weight is 460 g/mol. The Morgan fingerprint density at radius 2 is 1.97 bits per heavy atom. The van der Waals surface area contributed by atoms with Crippen LogP contribution in [0.15, 0.2) is 29.7 Å². The number of Topliss-reactive ketones (excluding diaryl/α,β-unsaturated/α-hetero) is 1. The molecule has 32 heavy (non-hydrogen) atoms. The van der Waals surface area contributed by atoms with Crippen LogP contribution in [0.4, 0.5) is 9.93 Å². The van der Waals surface area contributed by atoms with Crippen LogP contribution in [0.3, 0.4) is 0 Å². The first-order valence-corrected chi connectivity index (χ1v) is 10.9. The zero-order valence-corrected chi connectivity index (χ0v) is 20.0. The Morgan fingerprint density at radius 1 is 1.25 bits per heavy atom. The van der Waals surface area contributed by atoms with Gasteiger partial charge < -0.3 is 20.1 Å². The first-order valence-electron chi connectivity index (χ1n) is 10.1. The third-order valence-corrected chi connectivity index (χ3v) is 4.91. The Morgan fingerprint density at radius 3 is 2.56 bits per heavy atom. The summed E-state index contributed by atoms with van der Waals surface area (Å²) in [5.74, 6) is -0.522. The van der Waals surface area contributed by atoms with Gasteiger partial charge in [-0.1, -0.05) is 24.3 Å². The van der Waals surface area contributed by atoms with Crippen LogP contribution in [0.25, 0.3) is 17.3 Å². The molecule has 1 aromatic heterocycles. The van der Waals surface area contributed by atoms with Crippen molar-refractivity contribution in [2.45, 2.75) is 46.3 Å². The number of nitrogens with one attached hydrogen (secondary N) is 2. The van der Waals surface area contributed by atoms with Gasteiger partial charge in [-0.2, -0.15) is 0 Å². The molecule has 0 aliphatic carbocycles. The van der Waals surface area contributed by atoms with E-state index in [1.165, 1.54) is 25.4 Å². The summed E-state index contributed by atoms with van der Waals surface area (Å²) < 4.78 is 10.3. The Kier molecular flexibility index (Phi) is 8.68. The van der Waals surface area contributed by atoms with E-state index >= 15 is 0 Å². The van der Waals surface area contributed by atoms with Crippen molar-refractivity contribution in [3.8, 4) is 11.3 Å². The van der Waals surface area contributed by atoms with E-state index in [1.54, 1.807) is 32.2 Å². The molecule has 2 amide bonds. The van der Waals surface area contributed by atoms with Gasteiger partial charge in [-0.15, -0.1) is 11.3 Å². The minimum Gasteiger partial charge on any atom is -0.444 e. The van der Waals surface area contributed by atoms with Gasteiger partial charge in [-0.25, -0.2) is 9.78 Å². The molecule has 0 fully saturated rings. The molecule has 0 aliphatic heterocycles. The zero-order chi connectivity index (χ0) is 23.9. The van der Waals surface area contributed by atoms with Crippen LogP contribution in [0, 0.1) is 0 Å². The number of thiazole rings is 1. The highest BCUT2D eigenvalue weighted by molar-refractivity contribution is 7.14. The minimum atomic E-state index is -0.952. The van der Waals surface area contributed by atoms with Crippen molar-refractivity contribution in [1.82, 2.24) is 10.3 Å². The second-order valence-corrected chi connectivity index (χ2v) is 8.90. The molecule has 0 radical (unpaired) electrons. The molecule has 172 valence electrons. The Bertz CT molecular complexity index is 1010. The number of hydrogen-bond acceptors (Lipinski definition) is 7. The number of methoxy groups -OCH3 is 1. The van der Waals surface area contributed by atoms with E-state index in [1.807, 2.05) is 31.2 Å². The van der Waals surface area contributed by atoms with Gasteiger partial charge in [0.2, 0.25) is 0 Å². The monoisotopic (exact) mass is 459 g/mol. The van der Waals surface area contributed by atoms with Crippen LogP contribution >= 0.6 is 11.3 Å². The molecule has 1 aromatic carbocycles. The number of benzene rings is 1. The molecule has 1 unspecified atom stereocenters. The van der Waals surface area contributed by atoms with Crippen molar-refractivity contribution >= 4 is 40.3 Å². The van der Waals surface area contributed by atoms with Crippen LogP contribution < -0.4 is 10.6 Å². The van der Waals surface area contributed by atoms with Crippen molar-refractivity contribution in [3.63, 3.8) is 0 Å². The van der Waals surface area contributed by atoms with Gasteiger partial charge in [0.05, 0.1) is 12.3 Å². The molecule has 0 bridgehead atoms. The minimum absolute atomic E-state index is 0.0301. The molecule has 0 aliphatic rings. The number of anilines is 1. The summed E-state index contributed by atoms with van der Waals surface area (Å²) in [6.45, 7) is 8.58. The summed E-state index contributed by atoms with van der Waals surface area (Å²) in [6.07, 6.45) is 3.04. The fourth-order valence-corrected chi connectivity index (χ4v) is 3.52. The molecule has 0 saturated carbocycles. The predicted molar refractivity (Wildman–Crippen MR) is 126 cm³/mol. The zero-order valence-electron chi connectivity index (χ0n) is 19.1. The van der Waals surface area contributed by atoms with Crippen molar-refractivity contribution < 1.29 is 23.9 Å². The maximum Gasteiger partial charge on any atom is 0.408 e. The standard InChI is InChI=1S/C23H29N3O5S/c1-7-8-15-9-10-16(11-17(15)14(2)27)19-13-32-21(24-19)26-20(28)18(12-30-6)25-22(29)31-23(3,4)5/h7-11,13,18H,12H2,1-6H3,(H,25,29)(H,24,26,28)/b8-7-. The fraction of sp³-hybridized carbons (Fsp3) is 0.391. The number of hydrogen-bond donors (Lipinski definition) is 2. The van der Waals surface area contributed by atoms with Gasteiger partial charge in [-0.3, -0.25) is 9.59 Å². The molecular formula is C23H29N3O5S. The lowest BCUT2D eigenvalue weighted by molar-refractivity contribution is -0.119. The number of carbonyl (C=O) groups excluding carboxylic acids is 3. The number of ketones is 1. The molecule has 0 spiro atoms. The molecule has 2 N–H and O–H groups in total. The molecule has 1 atom stereocenters. The van der Waals surface area contributed by atoms with Crippen molar-refractivity contribution in [1.29, 1.82) is 0 Å². The number of ether oxygens (including phenoxy) is 2. The maximum absolute atomic E-state index is 12.7. The summed E-state index contributed by atoms with van der Waals surface area (Å²) in [4.78, 5) is 41.2. The lowest BCUT2D eigenvalue weighted by Crippen LogP contribution is -2.48. The molecule has 1 heterocycles. The molecular weight excluding hydrogens is 430 g/mol. The first kappa shape index (κ1) is 25.2. The van der Waals surface area contributed by atoms with Gasteiger partial charge in [0.15, 0.2) is 10.9 Å². The van der Waals surface area contributed by atoms with Crippen molar-refractivity contribution in [2.75, 3.05) is 19.0 Å². The number of alkyl carbamates (subject to hydrolysis) is 1. The highest BCUT2D eigenvalue weighted by Crippen LogP contribution is 2.27. The lowest BCUT2D eigenvalue weighted by atomic mass is 9.99. The van der Waals surface area contributed by atoms with Gasteiger partial charge in [0.25, 0.3) is 5.91 Å². The third kappa shape index (κ3) is 7.28. The molecule has 2 rings (SSSR count). The first-order chi connectivity index (χ1) is 15.0. The van der Waals surface area contributed by atoms with E-state index < -0.39 is 23.6 Å². The molecule has 2 aromatic rings. The van der Waals surface area contributed by atoms with E-state index in [0.29, 0.717) is 16.4 Å². The number of carbonyl (C=O) groups is 3. The smallest absolute Gasteiger partial charge is 0.408 e. The van der Waals surface area contributed by atoms with Gasteiger partial charge >= 0.3 is 6.09 Å². The van der Waals surface area contributed by atoms with Crippen LogP contribution in [-0.2, 0) is 14.3 Å². The van der Waals surface area contributed by atoms with E-state index in [4.69, 9.17) is 9.47 Å². The highest BCUT2D eigenvalue weighted by atomic mass is 32.1. The summed E-state index contributed by atoms with van der Waals surface area (Å²) in [5, 5.41) is 7.35. The van der Waals surface area contributed by atoms with Crippen LogP contribution in [0.5, 0.6) is 0 Å². The highest BCUT2D eigenvalue weighted by Gasteiger charge is 2.25. The lowest BCUT2D eigenvalue weighted by Gasteiger charge is -2.22. The maximum atomic E-state index is 12.7. The topological polar surface area (TPSA) is 107 Å².